The normalized spacial score (nSPS) is 17.7. The second-order valence-electron chi connectivity index (χ2n) is 7.58. The van der Waals surface area contributed by atoms with Gasteiger partial charge >= 0.3 is 6.18 Å². The molecule has 1 aliphatic heterocycles. The van der Waals surface area contributed by atoms with Crippen LogP contribution in [0.15, 0.2) is 42.7 Å². The molecule has 0 amide bonds. The minimum Gasteiger partial charge on any atom is -0.350 e. The molecular formula is C21H20F3N7. The molecule has 31 heavy (non-hydrogen) atoms. The van der Waals surface area contributed by atoms with Gasteiger partial charge in [0, 0.05) is 30.4 Å². The summed E-state index contributed by atoms with van der Waals surface area (Å²) in [4.78, 5) is 13.0. The van der Waals surface area contributed by atoms with Crippen LogP contribution in [0.25, 0.3) is 27.9 Å². The van der Waals surface area contributed by atoms with Crippen LogP contribution in [0.5, 0.6) is 0 Å². The van der Waals surface area contributed by atoms with E-state index in [0.29, 0.717) is 22.5 Å². The highest BCUT2D eigenvalue weighted by atomic mass is 19.4. The number of nitrogens with one attached hydrogen (secondary N) is 2. The van der Waals surface area contributed by atoms with E-state index in [0.717, 1.165) is 50.8 Å². The average Bonchev–Trinajstić information content (AvgIpc) is 3.06. The molecule has 3 aromatic heterocycles. The fourth-order valence-electron chi connectivity index (χ4n) is 3.91. The molecule has 2 N–H and O–H groups in total. The number of benzene rings is 1. The third-order valence-corrected chi connectivity index (χ3v) is 5.43. The Morgan fingerprint density at radius 3 is 2.84 bits per heavy atom. The fourth-order valence-corrected chi connectivity index (χ4v) is 3.91. The SMILES string of the molecule is FC(F)(F)c1ccncc1-c1nc2c3ccccc3nc(N[C@@H]3CCCCNC3)n2n1. The van der Waals surface area contributed by atoms with Gasteiger partial charge in [0.1, 0.15) is 0 Å². The van der Waals surface area contributed by atoms with E-state index in [4.69, 9.17) is 0 Å². The van der Waals surface area contributed by atoms with E-state index in [2.05, 4.69) is 30.7 Å². The van der Waals surface area contributed by atoms with Crippen LogP contribution in [-0.4, -0.2) is 43.7 Å². The van der Waals surface area contributed by atoms with E-state index in [1.165, 1.54) is 4.52 Å². The third kappa shape index (κ3) is 3.78. The highest BCUT2D eigenvalue weighted by Gasteiger charge is 2.35. The molecule has 10 heteroatoms. The maximum absolute atomic E-state index is 13.5. The Kier molecular flexibility index (Phi) is 4.93. The quantitative estimate of drug-likeness (QED) is 0.516. The van der Waals surface area contributed by atoms with Gasteiger partial charge < -0.3 is 10.6 Å². The van der Waals surface area contributed by atoms with E-state index in [9.17, 15) is 13.2 Å². The molecule has 1 atom stereocenters. The summed E-state index contributed by atoms with van der Waals surface area (Å²) in [6, 6.07) is 8.46. The van der Waals surface area contributed by atoms with Gasteiger partial charge in [-0.1, -0.05) is 18.6 Å². The minimum atomic E-state index is -4.54. The van der Waals surface area contributed by atoms with Crippen molar-refractivity contribution in [2.45, 2.75) is 31.5 Å². The third-order valence-electron chi connectivity index (χ3n) is 5.43. The topological polar surface area (TPSA) is 80.0 Å². The molecule has 0 spiro atoms. The van der Waals surface area contributed by atoms with Crippen molar-refractivity contribution in [3.05, 3.63) is 48.3 Å². The molecule has 1 aliphatic rings. The zero-order valence-corrected chi connectivity index (χ0v) is 16.5. The molecule has 1 saturated heterocycles. The molecule has 0 radical (unpaired) electrons. The Morgan fingerprint density at radius 2 is 1.97 bits per heavy atom. The van der Waals surface area contributed by atoms with Gasteiger partial charge in [-0.05, 0) is 37.6 Å². The highest BCUT2D eigenvalue weighted by Crippen LogP contribution is 2.36. The van der Waals surface area contributed by atoms with Crippen LogP contribution in [0.2, 0.25) is 0 Å². The lowest BCUT2D eigenvalue weighted by atomic mass is 10.1. The maximum Gasteiger partial charge on any atom is 0.417 e. The molecule has 1 aromatic carbocycles. The number of para-hydroxylation sites is 1. The van der Waals surface area contributed by atoms with Crippen molar-refractivity contribution in [3.63, 3.8) is 0 Å². The number of halogens is 3. The van der Waals surface area contributed by atoms with Gasteiger partial charge in [0.05, 0.1) is 16.6 Å². The van der Waals surface area contributed by atoms with E-state index in [-0.39, 0.29) is 17.4 Å². The van der Waals surface area contributed by atoms with Crippen molar-refractivity contribution in [2.75, 3.05) is 18.4 Å². The van der Waals surface area contributed by atoms with Crippen LogP contribution in [0.1, 0.15) is 24.8 Å². The van der Waals surface area contributed by atoms with Gasteiger partial charge in [-0.3, -0.25) is 4.98 Å². The lowest BCUT2D eigenvalue weighted by Gasteiger charge is -2.17. The highest BCUT2D eigenvalue weighted by molar-refractivity contribution is 5.92. The maximum atomic E-state index is 13.5. The standard InChI is InChI=1S/C21H20F3N7/c22-21(23,24)16-8-10-26-12-15(16)18-29-19-14-6-1-2-7-17(14)28-20(31(19)30-18)27-13-5-3-4-9-25-11-13/h1-2,6-8,10,12-13,25H,3-5,9,11H2,(H,27,28)/t13-/m1/s1. The minimum absolute atomic E-state index is 0.0411. The van der Waals surface area contributed by atoms with E-state index < -0.39 is 11.7 Å². The first-order chi connectivity index (χ1) is 15.0. The van der Waals surface area contributed by atoms with Crippen molar-refractivity contribution in [1.82, 2.24) is 29.9 Å². The molecule has 1 fully saturated rings. The van der Waals surface area contributed by atoms with Crippen LogP contribution in [-0.2, 0) is 6.18 Å². The fraction of sp³-hybridized carbons (Fsp3) is 0.333. The summed E-state index contributed by atoms with van der Waals surface area (Å²) in [5, 5.41) is 11.9. The van der Waals surface area contributed by atoms with Crippen LogP contribution in [0, 0.1) is 0 Å². The molecule has 4 heterocycles. The molecule has 5 rings (SSSR count). The Balaban J connectivity index is 1.67. The average molecular weight is 427 g/mol. The molecule has 0 saturated carbocycles. The van der Waals surface area contributed by atoms with Crippen molar-refractivity contribution in [2.24, 2.45) is 0 Å². The number of hydrogen-bond acceptors (Lipinski definition) is 6. The second kappa shape index (κ2) is 7.77. The summed E-state index contributed by atoms with van der Waals surface area (Å²) >= 11 is 0. The molecule has 0 aliphatic carbocycles. The first-order valence-electron chi connectivity index (χ1n) is 10.1. The Hall–Kier alpha value is -3.27. The van der Waals surface area contributed by atoms with Crippen molar-refractivity contribution in [1.29, 1.82) is 0 Å². The number of anilines is 1. The van der Waals surface area contributed by atoms with Crippen LogP contribution in [0.4, 0.5) is 19.1 Å². The first kappa shape index (κ1) is 19.7. The van der Waals surface area contributed by atoms with Gasteiger partial charge in [-0.2, -0.15) is 17.7 Å². The van der Waals surface area contributed by atoms with E-state index in [1.807, 2.05) is 24.3 Å². The number of pyridine rings is 1. The lowest BCUT2D eigenvalue weighted by molar-refractivity contribution is -0.137. The lowest BCUT2D eigenvalue weighted by Crippen LogP contribution is -2.32. The summed E-state index contributed by atoms with van der Waals surface area (Å²) in [5.41, 5.74) is 0.157. The van der Waals surface area contributed by atoms with Gasteiger partial charge in [0.15, 0.2) is 11.5 Å². The Labute approximate surface area is 175 Å². The van der Waals surface area contributed by atoms with E-state index >= 15 is 0 Å². The zero-order chi connectivity index (χ0) is 21.4. The summed E-state index contributed by atoms with van der Waals surface area (Å²) in [6.07, 6.45) is 0.872. The molecule has 0 unspecified atom stereocenters. The summed E-state index contributed by atoms with van der Waals surface area (Å²) in [6.45, 7) is 1.74. The molecule has 0 bridgehead atoms. The van der Waals surface area contributed by atoms with Crippen LogP contribution in [0.3, 0.4) is 0 Å². The number of hydrogen-bond donors (Lipinski definition) is 2. The number of rotatable bonds is 3. The summed E-state index contributed by atoms with van der Waals surface area (Å²) in [5.74, 6) is 0.416. The number of nitrogens with zero attached hydrogens (tertiary/aromatic N) is 5. The monoisotopic (exact) mass is 427 g/mol. The number of alkyl halides is 3. The summed E-state index contributed by atoms with van der Waals surface area (Å²) < 4.78 is 42.1. The largest absolute Gasteiger partial charge is 0.417 e. The van der Waals surface area contributed by atoms with Crippen molar-refractivity contribution < 1.29 is 13.2 Å². The molecule has 160 valence electrons. The van der Waals surface area contributed by atoms with Crippen LogP contribution < -0.4 is 10.6 Å². The molecule has 7 nitrogen and oxygen atoms in total. The smallest absolute Gasteiger partial charge is 0.350 e. The van der Waals surface area contributed by atoms with Gasteiger partial charge in [-0.25, -0.2) is 9.97 Å². The van der Waals surface area contributed by atoms with E-state index in [1.54, 1.807) is 0 Å². The first-order valence-corrected chi connectivity index (χ1v) is 10.1. The number of fused-ring (bicyclic) bond motifs is 3. The molecule has 4 aromatic rings. The van der Waals surface area contributed by atoms with Crippen molar-refractivity contribution >= 4 is 22.5 Å². The predicted molar refractivity (Wildman–Crippen MR) is 111 cm³/mol. The van der Waals surface area contributed by atoms with Crippen molar-refractivity contribution in [3.8, 4) is 11.4 Å². The predicted octanol–water partition coefficient (Wildman–Crippen LogP) is 3.91. The molecular weight excluding hydrogens is 407 g/mol. The zero-order valence-electron chi connectivity index (χ0n) is 16.5. The Morgan fingerprint density at radius 1 is 1.10 bits per heavy atom. The Bertz CT molecular complexity index is 1230. The van der Waals surface area contributed by atoms with Gasteiger partial charge in [0.25, 0.3) is 0 Å². The van der Waals surface area contributed by atoms with Gasteiger partial charge in [-0.15, -0.1) is 5.10 Å². The summed E-state index contributed by atoms with van der Waals surface area (Å²) in [7, 11) is 0. The second-order valence-corrected chi connectivity index (χ2v) is 7.58. The van der Waals surface area contributed by atoms with Gasteiger partial charge in [0.2, 0.25) is 5.95 Å². The van der Waals surface area contributed by atoms with Crippen LogP contribution >= 0.6 is 0 Å². The number of aromatic nitrogens is 5.